The van der Waals surface area contributed by atoms with Gasteiger partial charge in [0.25, 0.3) is 11.5 Å². The summed E-state index contributed by atoms with van der Waals surface area (Å²) >= 11 is 0. The van der Waals surface area contributed by atoms with E-state index in [1.807, 2.05) is 45.0 Å². The van der Waals surface area contributed by atoms with Crippen LogP contribution in [0.15, 0.2) is 47.3 Å². The molecule has 0 radical (unpaired) electrons. The monoisotopic (exact) mass is 407 g/mol. The minimum atomic E-state index is -0.205. The first kappa shape index (κ1) is 21.6. The van der Waals surface area contributed by atoms with Gasteiger partial charge in [-0.3, -0.25) is 9.59 Å². The van der Waals surface area contributed by atoms with Crippen LogP contribution in [0, 0.1) is 6.92 Å². The Balaban J connectivity index is 1.73. The Hall–Kier alpha value is -3.15. The molecule has 1 aromatic heterocycles. The van der Waals surface area contributed by atoms with Crippen LogP contribution in [0.25, 0.3) is 10.9 Å². The highest BCUT2D eigenvalue weighted by atomic mass is 16.5. The van der Waals surface area contributed by atoms with E-state index < -0.39 is 0 Å². The van der Waals surface area contributed by atoms with E-state index in [-0.39, 0.29) is 30.7 Å². The third-order valence-corrected chi connectivity index (χ3v) is 5.15. The number of nitrogens with one attached hydrogen (secondary N) is 1. The normalized spacial score (nSPS) is 11.3. The first-order valence-corrected chi connectivity index (χ1v) is 10.3. The topological polar surface area (TPSA) is 75.3 Å². The molecule has 0 saturated heterocycles. The SMILES string of the molecule is Cc1cc(OCC(=O)N(Cc2nc3ccccc3c(=O)[nH]2)C(C)C)ccc1C(C)C. The average Bonchev–Trinajstić information content (AvgIpc) is 2.70. The van der Waals surface area contributed by atoms with Crippen molar-refractivity contribution in [2.45, 2.75) is 53.1 Å². The average molecular weight is 408 g/mol. The molecule has 3 rings (SSSR count). The zero-order chi connectivity index (χ0) is 21.8. The molecule has 2 aromatic carbocycles. The number of hydrogen-bond acceptors (Lipinski definition) is 4. The van der Waals surface area contributed by atoms with Crippen molar-refractivity contribution >= 4 is 16.8 Å². The second-order valence-electron chi connectivity index (χ2n) is 8.11. The van der Waals surface area contributed by atoms with E-state index >= 15 is 0 Å². The van der Waals surface area contributed by atoms with Crippen molar-refractivity contribution in [3.63, 3.8) is 0 Å². The number of ether oxygens (including phenoxy) is 1. The molecule has 0 atom stereocenters. The molecule has 0 aliphatic carbocycles. The fourth-order valence-electron chi connectivity index (χ4n) is 3.54. The summed E-state index contributed by atoms with van der Waals surface area (Å²) < 4.78 is 5.76. The van der Waals surface area contributed by atoms with Gasteiger partial charge < -0.3 is 14.6 Å². The molecule has 158 valence electrons. The van der Waals surface area contributed by atoms with Crippen LogP contribution in [0.2, 0.25) is 0 Å². The van der Waals surface area contributed by atoms with Gasteiger partial charge in [0.2, 0.25) is 0 Å². The molecule has 30 heavy (non-hydrogen) atoms. The van der Waals surface area contributed by atoms with Crippen molar-refractivity contribution in [1.82, 2.24) is 14.9 Å². The molecule has 1 N–H and O–H groups in total. The lowest BCUT2D eigenvalue weighted by Crippen LogP contribution is -2.40. The summed E-state index contributed by atoms with van der Waals surface area (Å²) in [5.41, 5.74) is 2.82. The summed E-state index contributed by atoms with van der Waals surface area (Å²) in [5, 5.41) is 0.534. The number of rotatable bonds is 7. The van der Waals surface area contributed by atoms with E-state index in [2.05, 4.69) is 23.8 Å². The summed E-state index contributed by atoms with van der Waals surface area (Å²) in [7, 11) is 0. The number of amides is 1. The minimum absolute atomic E-state index is 0.0667. The van der Waals surface area contributed by atoms with Crippen LogP contribution in [0.5, 0.6) is 5.75 Å². The number of aromatic amines is 1. The lowest BCUT2D eigenvalue weighted by atomic mass is 9.98. The molecular formula is C24H29N3O3. The quantitative estimate of drug-likeness (QED) is 0.638. The van der Waals surface area contributed by atoms with Gasteiger partial charge in [-0.1, -0.05) is 32.0 Å². The van der Waals surface area contributed by atoms with Gasteiger partial charge in [-0.05, 0) is 62.1 Å². The Morgan fingerprint density at radius 2 is 1.87 bits per heavy atom. The number of benzene rings is 2. The Morgan fingerprint density at radius 1 is 1.13 bits per heavy atom. The molecular weight excluding hydrogens is 378 g/mol. The number of nitrogens with zero attached hydrogens (tertiary/aromatic N) is 2. The van der Waals surface area contributed by atoms with Crippen LogP contribution in [0.4, 0.5) is 0 Å². The largest absolute Gasteiger partial charge is 0.484 e. The second kappa shape index (κ2) is 9.11. The van der Waals surface area contributed by atoms with Crippen molar-refractivity contribution in [1.29, 1.82) is 0 Å². The third kappa shape index (κ3) is 4.87. The van der Waals surface area contributed by atoms with E-state index in [1.165, 1.54) is 5.56 Å². The van der Waals surface area contributed by atoms with Crippen LogP contribution in [-0.4, -0.2) is 33.4 Å². The molecule has 0 unspecified atom stereocenters. The van der Waals surface area contributed by atoms with E-state index in [4.69, 9.17) is 4.74 Å². The summed E-state index contributed by atoms with van der Waals surface area (Å²) in [5.74, 6) is 1.41. The number of carbonyl (C=O) groups is 1. The number of H-pyrrole nitrogens is 1. The molecule has 3 aromatic rings. The van der Waals surface area contributed by atoms with E-state index in [1.54, 1.807) is 23.1 Å². The van der Waals surface area contributed by atoms with Gasteiger partial charge in [0.15, 0.2) is 6.61 Å². The molecule has 0 aliphatic rings. The molecule has 6 heteroatoms. The predicted molar refractivity (Wildman–Crippen MR) is 119 cm³/mol. The highest BCUT2D eigenvalue weighted by Crippen LogP contribution is 2.23. The third-order valence-electron chi connectivity index (χ3n) is 5.15. The van der Waals surface area contributed by atoms with E-state index in [0.29, 0.717) is 28.4 Å². The van der Waals surface area contributed by atoms with Crippen molar-refractivity contribution in [3.05, 3.63) is 69.8 Å². The molecule has 0 aliphatic heterocycles. The maximum Gasteiger partial charge on any atom is 0.261 e. The van der Waals surface area contributed by atoms with Crippen molar-refractivity contribution in [2.24, 2.45) is 0 Å². The molecule has 0 bridgehead atoms. The first-order chi connectivity index (χ1) is 14.3. The Kier molecular flexibility index (Phi) is 6.55. The standard InChI is InChI=1S/C24H29N3O3/c1-15(2)19-11-10-18(12-17(19)5)30-14-23(28)27(16(3)4)13-22-25-21-9-7-6-8-20(21)24(29)26-22/h6-12,15-16H,13-14H2,1-5H3,(H,25,26,29). The van der Waals surface area contributed by atoms with Crippen LogP contribution >= 0.6 is 0 Å². The summed E-state index contributed by atoms with van der Waals surface area (Å²) in [6.07, 6.45) is 0. The minimum Gasteiger partial charge on any atom is -0.484 e. The second-order valence-corrected chi connectivity index (χ2v) is 8.11. The Labute approximate surface area is 176 Å². The molecule has 0 spiro atoms. The van der Waals surface area contributed by atoms with Gasteiger partial charge in [-0.15, -0.1) is 0 Å². The molecule has 1 heterocycles. The smallest absolute Gasteiger partial charge is 0.261 e. The van der Waals surface area contributed by atoms with Gasteiger partial charge in [-0.2, -0.15) is 0 Å². The fourth-order valence-corrected chi connectivity index (χ4v) is 3.54. The first-order valence-electron chi connectivity index (χ1n) is 10.3. The van der Waals surface area contributed by atoms with Gasteiger partial charge >= 0.3 is 0 Å². The van der Waals surface area contributed by atoms with Gasteiger partial charge in [0, 0.05) is 6.04 Å². The zero-order valence-corrected chi connectivity index (χ0v) is 18.2. The highest BCUT2D eigenvalue weighted by Gasteiger charge is 2.20. The number of aryl methyl sites for hydroxylation is 1. The summed E-state index contributed by atoms with van der Waals surface area (Å²) in [6.45, 7) is 10.3. The lowest BCUT2D eigenvalue weighted by molar-refractivity contribution is -0.135. The predicted octanol–water partition coefficient (Wildman–Crippen LogP) is 4.17. The van der Waals surface area contributed by atoms with Crippen molar-refractivity contribution < 1.29 is 9.53 Å². The Morgan fingerprint density at radius 3 is 2.53 bits per heavy atom. The zero-order valence-electron chi connectivity index (χ0n) is 18.2. The number of para-hydroxylation sites is 1. The van der Waals surface area contributed by atoms with Gasteiger partial charge in [0.1, 0.15) is 11.6 Å². The summed E-state index contributed by atoms with van der Waals surface area (Å²) in [4.78, 5) is 34.1. The van der Waals surface area contributed by atoms with E-state index in [0.717, 1.165) is 5.56 Å². The molecule has 0 fully saturated rings. The summed E-state index contributed by atoms with van der Waals surface area (Å²) in [6, 6.07) is 13.0. The van der Waals surface area contributed by atoms with Gasteiger partial charge in [0.05, 0.1) is 17.4 Å². The number of fused-ring (bicyclic) bond motifs is 1. The number of hydrogen-bond donors (Lipinski definition) is 1. The highest BCUT2D eigenvalue weighted by molar-refractivity contribution is 5.79. The lowest BCUT2D eigenvalue weighted by Gasteiger charge is -2.26. The Bertz CT molecular complexity index is 1100. The van der Waals surface area contributed by atoms with Crippen LogP contribution in [-0.2, 0) is 11.3 Å². The maximum absolute atomic E-state index is 12.9. The number of carbonyl (C=O) groups excluding carboxylic acids is 1. The van der Waals surface area contributed by atoms with Gasteiger partial charge in [-0.25, -0.2) is 4.98 Å². The van der Waals surface area contributed by atoms with Crippen LogP contribution in [0.3, 0.4) is 0 Å². The molecule has 1 amide bonds. The molecule has 6 nitrogen and oxygen atoms in total. The molecule has 0 saturated carbocycles. The van der Waals surface area contributed by atoms with E-state index in [9.17, 15) is 9.59 Å². The van der Waals surface area contributed by atoms with Crippen molar-refractivity contribution in [2.75, 3.05) is 6.61 Å². The number of aromatic nitrogens is 2. The van der Waals surface area contributed by atoms with Crippen LogP contribution in [0.1, 0.15) is 50.6 Å². The fraction of sp³-hybridized carbons (Fsp3) is 0.375. The van der Waals surface area contributed by atoms with Crippen LogP contribution < -0.4 is 10.3 Å². The van der Waals surface area contributed by atoms with Crippen molar-refractivity contribution in [3.8, 4) is 5.75 Å². The maximum atomic E-state index is 12.9.